The normalized spacial score (nSPS) is 23.8. The van der Waals surface area contributed by atoms with Crippen molar-refractivity contribution >= 4 is 11.6 Å². The first-order valence-corrected chi connectivity index (χ1v) is 5.48. The molecule has 1 amide bonds. The zero-order valence-corrected chi connectivity index (χ0v) is 9.77. The van der Waals surface area contributed by atoms with Crippen molar-refractivity contribution in [3.63, 3.8) is 0 Å². The molecule has 1 aliphatic rings. The van der Waals surface area contributed by atoms with Gasteiger partial charge in [-0.15, -0.1) is 0 Å². The highest BCUT2D eigenvalue weighted by Gasteiger charge is 2.50. The molecule has 0 fully saturated rings. The van der Waals surface area contributed by atoms with Gasteiger partial charge < -0.3 is 5.21 Å². The molecule has 0 spiro atoms. The van der Waals surface area contributed by atoms with Gasteiger partial charge in [-0.3, -0.25) is 4.79 Å². The Morgan fingerprint density at radius 2 is 2.00 bits per heavy atom. The molecule has 1 unspecified atom stereocenters. The molecule has 0 aromatic heterocycles. The highest BCUT2D eigenvalue weighted by atomic mass is 16.5. The van der Waals surface area contributed by atoms with Crippen molar-refractivity contribution in [2.75, 3.05) is 0 Å². The van der Waals surface area contributed by atoms with Crippen LogP contribution in [0.1, 0.15) is 19.4 Å². The number of hydrogen-bond donors (Lipinski definition) is 3. The lowest BCUT2D eigenvalue weighted by Gasteiger charge is -2.30. The van der Waals surface area contributed by atoms with Crippen LogP contribution in [0.3, 0.4) is 0 Å². The molecule has 0 aliphatic carbocycles. The van der Waals surface area contributed by atoms with Gasteiger partial charge >= 0.3 is 0 Å². The lowest BCUT2D eigenvalue weighted by Crippen LogP contribution is -2.60. The number of nitrogens with zero attached hydrogens (tertiary/aromatic N) is 1. The van der Waals surface area contributed by atoms with Gasteiger partial charge in [0.05, 0.1) is 0 Å². The number of rotatable bonds is 3. The summed E-state index contributed by atoms with van der Waals surface area (Å²) < 4.78 is 0. The standard InChI is InChI=1S/C12H15N3O2/c1-8(2)12(15-17)10(13-14-11(12)16)9-6-4-3-5-7-9/h3-8,15,17H,1-2H3,(H,14,16). The predicted molar refractivity (Wildman–Crippen MR) is 63.6 cm³/mol. The van der Waals surface area contributed by atoms with E-state index in [-0.39, 0.29) is 11.8 Å². The largest absolute Gasteiger partial charge is 0.315 e. The molecule has 5 nitrogen and oxygen atoms in total. The number of hydroxylamine groups is 1. The number of amides is 1. The Hall–Kier alpha value is -1.72. The van der Waals surface area contributed by atoms with Crippen LogP contribution in [-0.2, 0) is 4.79 Å². The summed E-state index contributed by atoms with van der Waals surface area (Å²) in [6.45, 7) is 3.71. The molecule has 0 bridgehead atoms. The molecule has 5 heteroatoms. The number of nitrogens with one attached hydrogen (secondary N) is 2. The lowest BCUT2D eigenvalue weighted by molar-refractivity contribution is -0.128. The minimum absolute atomic E-state index is 0.131. The minimum atomic E-state index is -1.18. The molecule has 17 heavy (non-hydrogen) atoms. The van der Waals surface area contributed by atoms with Crippen LogP contribution < -0.4 is 10.9 Å². The average molecular weight is 233 g/mol. The number of hydrazone groups is 1. The maximum absolute atomic E-state index is 11.9. The summed E-state index contributed by atoms with van der Waals surface area (Å²) in [5, 5.41) is 13.4. The summed E-state index contributed by atoms with van der Waals surface area (Å²) in [4.78, 5) is 11.9. The van der Waals surface area contributed by atoms with Crippen molar-refractivity contribution in [2.45, 2.75) is 19.4 Å². The lowest BCUT2D eigenvalue weighted by atomic mass is 9.80. The van der Waals surface area contributed by atoms with Crippen LogP contribution in [0.15, 0.2) is 35.4 Å². The van der Waals surface area contributed by atoms with Crippen molar-refractivity contribution in [3.05, 3.63) is 35.9 Å². The Labute approximate surface area is 99.5 Å². The van der Waals surface area contributed by atoms with Crippen molar-refractivity contribution in [2.24, 2.45) is 11.0 Å². The first-order valence-electron chi connectivity index (χ1n) is 5.48. The fourth-order valence-electron chi connectivity index (χ4n) is 2.05. The van der Waals surface area contributed by atoms with Gasteiger partial charge in [-0.1, -0.05) is 44.2 Å². The fraction of sp³-hybridized carbons (Fsp3) is 0.333. The molecule has 1 aliphatic heterocycles. The summed E-state index contributed by atoms with van der Waals surface area (Å²) in [7, 11) is 0. The second kappa shape index (κ2) is 4.27. The Kier molecular flexibility index (Phi) is 2.95. The Morgan fingerprint density at radius 1 is 1.35 bits per heavy atom. The number of benzene rings is 1. The smallest absolute Gasteiger partial charge is 0.269 e. The first kappa shape index (κ1) is 11.8. The van der Waals surface area contributed by atoms with Gasteiger partial charge in [-0.25, -0.2) is 5.43 Å². The van der Waals surface area contributed by atoms with Gasteiger partial charge in [0.2, 0.25) is 0 Å². The number of carbonyl (C=O) groups excluding carboxylic acids is 1. The number of carbonyl (C=O) groups is 1. The summed E-state index contributed by atoms with van der Waals surface area (Å²) in [6.07, 6.45) is 0. The SMILES string of the molecule is CC(C)C1(NO)C(=O)NN=C1c1ccccc1. The zero-order chi connectivity index (χ0) is 12.5. The van der Waals surface area contributed by atoms with E-state index in [9.17, 15) is 10.0 Å². The third-order valence-electron chi connectivity index (χ3n) is 3.09. The highest BCUT2D eigenvalue weighted by molar-refractivity contribution is 6.23. The number of hydrogen-bond acceptors (Lipinski definition) is 4. The van der Waals surface area contributed by atoms with E-state index in [1.165, 1.54) is 0 Å². The van der Waals surface area contributed by atoms with Crippen molar-refractivity contribution in [1.29, 1.82) is 0 Å². The molecule has 90 valence electrons. The van der Waals surface area contributed by atoms with E-state index in [1.54, 1.807) is 0 Å². The van der Waals surface area contributed by atoms with Crippen LogP contribution in [0.25, 0.3) is 0 Å². The molecule has 0 saturated carbocycles. The molecule has 0 saturated heterocycles. The van der Waals surface area contributed by atoms with Gasteiger partial charge in [-0.2, -0.15) is 10.6 Å². The topological polar surface area (TPSA) is 73.7 Å². The van der Waals surface area contributed by atoms with E-state index >= 15 is 0 Å². The predicted octanol–water partition coefficient (Wildman–Crippen LogP) is 0.894. The van der Waals surface area contributed by atoms with E-state index in [1.807, 2.05) is 44.2 Å². The summed E-state index contributed by atoms with van der Waals surface area (Å²) in [5.74, 6) is -0.470. The summed E-state index contributed by atoms with van der Waals surface area (Å²) in [5.41, 5.74) is 4.69. The third kappa shape index (κ3) is 1.64. The van der Waals surface area contributed by atoms with Crippen molar-refractivity contribution in [3.8, 4) is 0 Å². The van der Waals surface area contributed by atoms with E-state index in [0.717, 1.165) is 5.56 Å². The van der Waals surface area contributed by atoms with Crippen LogP contribution in [-0.4, -0.2) is 22.4 Å². The van der Waals surface area contributed by atoms with E-state index in [4.69, 9.17) is 0 Å². The zero-order valence-electron chi connectivity index (χ0n) is 9.77. The maximum Gasteiger partial charge on any atom is 0.269 e. The molecular weight excluding hydrogens is 218 g/mol. The minimum Gasteiger partial charge on any atom is -0.315 e. The average Bonchev–Trinajstić information content (AvgIpc) is 2.68. The van der Waals surface area contributed by atoms with Crippen LogP contribution >= 0.6 is 0 Å². The van der Waals surface area contributed by atoms with E-state index in [0.29, 0.717) is 5.71 Å². The quantitative estimate of drug-likeness (QED) is 0.679. The summed E-state index contributed by atoms with van der Waals surface area (Å²) >= 11 is 0. The molecule has 1 aromatic rings. The molecule has 1 heterocycles. The molecule has 0 radical (unpaired) electrons. The monoisotopic (exact) mass is 233 g/mol. The highest BCUT2D eigenvalue weighted by Crippen LogP contribution is 2.26. The van der Waals surface area contributed by atoms with E-state index in [2.05, 4.69) is 16.0 Å². The Balaban J connectivity index is 2.51. The Morgan fingerprint density at radius 3 is 2.53 bits per heavy atom. The first-order chi connectivity index (χ1) is 8.13. The van der Waals surface area contributed by atoms with Gasteiger partial charge in [0.15, 0.2) is 5.54 Å². The van der Waals surface area contributed by atoms with Gasteiger partial charge in [-0.05, 0) is 5.92 Å². The summed E-state index contributed by atoms with van der Waals surface area (Å²) in [6, 6.07) is 9.32. The van der Waals surface area contributed by atoms with Gasteiger partial charge in [0, 0.05) is 5.56 Å². The van der Waals surface area contributed by atoms with Crippen LogP contribution in [0.5, 0.6) is 0 Å². The molecule has 2 rings (SSSR count). The molecule has 1 aromatic carbocycles. The van der Waals surface area contributed by atoms with Crippen LogP contribution in [0, 0.1) is 5.92 Å². The second-order valence-corrected chi connectivity index (χ2v) is 4.34. The van der Waals surface area contributed by atoms with Crippen molar-refractivity contribution in [1.82, 2.24) is 10.9 Å². The Bertz CT molecular complexity index is 456. The maximum atomic E-state index is 11.9. The molecule has 3 N–H and O–H groups in total. The molecular formula is C12H15N3O2. The van der Waals surface area contributed by atoms with E-state index < -0.39 is 5.54 Å². The third-order valence-corrected chi connectivity index (χ3v) is 3.09. The van der Waals surface area contributed by atoms with Crippen LogP contribution in [0.2, 0.25) is 0 Å². The second-order valence-electron chi connectivity index (χ2n) is 4.34. The van der Waals surface area contributed by atoms with Crippen molar-refractivity contribution < 1.29 is 10.0 Å². The van der Waals surface area contributed by atoms with Gasteiger partial charge in [0.25, 0.3) is 5.91 Å². The molecule has 1 atom stereocenters. The van der Waals surface area contributed by atoms with Crippen LogP contribution in [0.4, 0.5) is 0 Å². The fourth-order valence-corrected chi connectivity index (χ4v) is 2.05. The van der Waals surface area contributed by atoms with Gasteiger partial charge in [0.1, 0.15) is 5.71 Å².